The summed E-state index contributed by atoms with van der Waals surface area (Å²) in [6.07, 6.45) is 3.55. The average Bonchev–Trinajstić information content (AvgIpc) is 2.98. The van der Waals surface area contributed by atoms with Gasteiger partial charge in [0.15, 0.2) is 0 Å². The maximum atomic E-state index is 10.8. The largest absolute Gasteiger partial charge is 0.478 e. The molecule has 20 heavy (non-hydrogen) atoms. The van der Waals surface area contributed by atoms with E-state index in [0.717, 1.165) is 31.5 Å². The summed E-state index contributed by atoms with van der Waals surface area (Å²) in [5, 5.41) is 12.9. The maximum Gasteiger partial charge on any atom is 0.335 e. The molecule has 0 unspecified atom stereocenters. The summed E-state index contributed by atoms with van der Waals surface area (Å²) >= 11 is 0. The minimum Gasteiger partial charge on any atom is -0.478 e. The van der Waals surface area contributed by atoms with E-state index >= 15 is 0 Å². The van der Waals surface area contributed by atoms with Gasteiger partial charge in [-0.05, 0) is 48.7 Å². The molecule has 0 amide bonds. The molecule has 0 spiro atoms. The molecular weight excluding hydrogens is 258 g/mol. The minimum atomic E-state index is -0.948. The number of carboxylic acids is 1. The molecule has 0 radical (unpaired) electrons. The van der Waals surface area contributed by atoms with Crippen LogP contribution in [-0.4, -0.2) is 34.3 Å². The molecule has 2 aromatic rings. The molecular formula is C14H15N3O3. The zero-order chi connectivity index (χ0) is 13.9. The Morgan fingerprint density at radius 1 is 1.15 bits per heavy atom. The summed E-state index contributed by atoms with van der Waals surface area (Å²) < 4.78 is 5.25. The van der Waals surface area contributed by atoms with Crippen molar-refractivity contribution in [3.63, 3.8) is 0 Å². The van der Waals surface area contributed by atoms with E-state index in [1.807, 2.05) is 0 Å². The van der Waals surface area contributed by atoms with Crippen molar-refractivity contribution in [2.24, 2.45) is 0 Å². The van der Waals surface area contributed by atoms with Gasteiger partial charge in [-0.1, -0.05) is 0 Å². The van der Waals surface area contributed by atoms with Gasteiger partial charge in [-0.3, -0.25) is 0 Å². The van der Waals surface area contributed by atoms with E-state index in [1.54, 1.807) is 12.1 Å². The molecule has 104 valence electrons. The van der Waals surface area contributed by atoms with E-state index in [-0.39, 0.29) is 5.56 Å². The van der Waals surface area contributed by atoms with Gasteiger partial charge >= 0.3 is 5.97 Å². The van der Waals surface area contributed by atoms with Gasteiger partial charge in [0.25, 0.3) is 11.8 Å². The van der Waals surface area contributed by atoms with Crippen LogP contribution in [0, 0.1) is 0 Å². The van der Waals surface area contributed by atoms with Crippen LogP contribution >= 0.6 is 0 Å². The first kappa shape index (κ1) is 12.7. The van der Waals surface area contributed by atoms with Gasteiger partial charge in [0.05, 0.1) is 5.56 Å². The second kappa shape index (κ2) is 5.32. The first-order chi connectivity index (χ1) is 9.74. The van der Waals surface area contributed by atoms with Crippen LogP contribution in [0.25, 0.3) is 11.5 Å². The number of rotatable bonds is 3. The average molecular weight is 273 g/mol. The van der Waals surface area contributed by atoms with E-state index < -0.39 is 5.97 Å². The highest BCUT2D eigenvalue weighted by Gasteiger charge is 2.17. The molecule has 1 saturated heterocycles. The number of hydrogen-bond acceptors (Lipinski definition) is 5. The Morgan fingerprint density at radius 3 is 2.50 bits per heavy atom. The van der Waals surface area contributed by atoms with Crippen LogP contribution in [0.4, 0.5) is 5.95 Å². The van der Waals surface area contributed by atoms with Crippen molar-refractivity contribution in [3.8, 4) is 11.5 Å². The van der Waals surface area contributed by atoms with Crippen LogP contribution < -0.4 is 4.90 Å². The molecule has 3 rings (SSSR count). The highest BCUT2D eigenvalue weighted by atomic mass is 16.5. The first-order valence-electron chi connectivity index (χ1n) is 6.66. The number of aromatic nitrogens is 2. The molecule has 0 atom stereocenters. The summed E-state index contributed by atoms with van der Waals surface area (Å²) in [5.74, 6) is 0.0839. The lowest BCUT2D eigenvalue weighted by atomic mass is 10.1. The summed E-state index contributed by atoms with van der Waals surface area (Å²) in [7, 11) is 0. The maximum absolute atomic E-state index is 10.8. The molecule has 1 aliphatic rings. The van der Waals surface area contributed by atoms with E-state index in [2.05, 4.69) is 15.0 Å². The van der Waals surface area contributed by atoms with Crippen LogP contribution in [0.1, 0.15) is 29.6 Å². The van der Waals surface area contributed by atoms with E-state index in [9.17, 15) is 4.79 Å². The number of nitrogens with zero attached hydrogens (tertiary/aromatic N) is 3. The van der Waals surface area contributed by atoms with Crippen LogP contribution in [0.3, 0.4) is 0 Å². The normalized spacial score (nSPS) is 15.3. The molecule has 1 N–H and O–H groups in total. The Morgan fingerprint density at radius 2 is 1.85 bits per heavy atom. The van der Waals surface area contributed by atoms with Gasteiger partial charge in [0.2, 0.25) is 0 Å². The number of hydrogen-bond donors (Lipinski definition) is 1. The second-order valence-corrected chi connectivity index (χ2v) is 4.83. The van der Waals surface area contributed by atoms with Crippen LogP contribution in [-0.2, 0) is 0 Å². The quantitative estimate of drug-likeness (QED) is 0.925. The lowest BCUT2D eigenvalue weighted by Gasteiger charge is -2.24. The molecule has 2 heterocycles. The molecule has 0 saturated carbocycles. The van der Waals surface area contributed by atoms with Crippen molar-refractivity contribution < 1.29 is 14.4 Å². The van der Waals surface area contributed by atoms with Crippen LogP contribution in [0.5, 0.6) is 0 Å². The van der Waals surface area contributed by atoms with Crippen molar-refractivity contribution >= 4 is 11.9 Å². The highest BCUT2D eigenvalue weighted by molar-refractivity contribution is 5.88. The number of benzene rings is 1. The van der Waals surface area contributed by atoms with Crippen molar-refractivity contribution in [2.75, 3.05) is 18.0 Å². The Hall–Kier alpha value is -2.37. The molecule has 1 aromatic heterocycles. The molecule has 1 aromatic carbocycles. The van der Waals surface area contributed by atoms with E-state index in [0.29, 0.717) is 11.8 Å². The zero-order valence-corrected chi connectivity index (χ0v) is 11.0. The smallest absolute Gasteiger partial charge is 0.335 e. The fraction of sp³-hybridized carbons (Fsp3) is 0.357. The van der Waals surface area contributed by atoms with E-state index in [1.165, 1.54) is 18.6 Å². The first-order valence-corrected chi connectivity index (χ1v) is 6.66. The SMILES string of the molecule is O=C(O)c1ccc(-c2nc(N3CCCCC3)no2)cc1. The lowest BCUT2D eigenvalue weighted by molar-refractivity contribution is 0.0697. The lowest BCUT2D eigenvalue weighted by Crippen LogP contribution is -2.30. The van der Waals surface area contributed by atoms with Gasteiger partial charge in [-0.25, -0.2) is 4.79 Å². The monoisotopic (exact) mass is 273 g/mol. The number of piperidine rings is 1. The number of anilines is 1. The zero-order valence-electron chi connectivity index (χ0n) is 11.0. The third-order valence-electron chi connectivity index (χ3n) is 3.43. The fourth-order valence-corrected chi connectivity index (χ4v) is 2.31. The summed E-state index contributed by atoms with van der Waals surface area (Å²) in [5.41, 5.74) is 0.968. The third kappa shape index (κ3) is 2.49. The van der Waals surface area contributed by atoms with Crippen molar-refractivity contribution in [3.05, 3.63) is 29.8 Å². The summed E-state index contributed by atoms with van der Waals surface area (Å²) in [6, 6.07) is 6.42. The minimum absolute atomic E-state index is 0.240. The summed E-state index contributed by atoms with van der Waals surface area (Å²) in [6.45, 7) is 1.91. The van der Waals surface area contributed by atoms with Gasteiger partial charge < -0.3 is 14.5 Å². The van der Waals surface area contributed by atoms with Gasteiger partial charge in [0, 0.05) is 18.7 Å². The molecule has 1 aliphatic heterocycles. The predicted octanol–water partition coefficient (Wildman–Crippen LogP) is 2.43. The third-order valence-corrected chi connectivity index (χ3v) is 3.43. The molecule has 0 bridgehead atoms. The Bertz CT molecular complexity index is 600. The fourth-order valence-electron chi connectivity index (χ4n) is 2.31. The Labute approximate surface area is 116 Å². The van der Waals surface area contributed by atoms with E-state index in [4.69, 9.17) is 9.63 Å². The Kier molecular flexibility index (Phi) is 3.37. The number of carbonyl (C=O) groups is 1. The highest BCUT2D eigenvalue weighted by Crippen LogP contribution is 2.22. The topological polar surface area (TPSA) is 79.5 Å². The molecule has 6 heteroatoms. The molecule has 6 nitrogen and oxygen atoms in total. The molecule has 0 aliphatic carbocycles. The molecule has 1 fully saturated rings. The Balaban J connectivity index is 1.80. The van der Waals surface area contributed by atoms with Gasteiger partial charge in [-0.2, -0.15) is 4.98 Å². The van der Waals surface area contributed by atoms with Crippen molar-refractivity contribution in [2.45, 2.75) is 19.3 Å². The number of carboxylic acid groups (broad SMARTS) is 1. The predicted molar refractivity (Wildman–Crippen MR) is 72.8 cm³/mol. The van der Waals surface area contributed by atoms with Crippen LogP contribution in [0.2, 0.25) is 0 Å². The van der Waals surface area contributed by atoms with Gasteiger partial charge in [0.1, 0.15) is 0 Å². The second-order valence-electron chi connectivity index (χ2n) is 4.83. The summed E-state index contributed by atoms with van der Waals surface area (Å²) in [4.78, 5) is 17.3. The standard InChI is InChI=1S/C14H15N3O3/c18-13(19)11-6-4-10(5-7-11)12-15-14(16-20-12)17-8-2-1-3-9-17/h4-7H,1-3,8-9H2,(H,18,19). The van der Waals surface area contributed by atoms with Crippen molar-refractivity contribution in [1.82, 2.24) is 10.1 Å². The van der Waals surface area contributed by atoms with Crippen molar-refractivity contribution in [1.29, 1.82) is 0 Å². The van der Waals surface area contributed by atoms with Gasteiger partial charge in [-0.15, -0.1) is 0 Å². The number of aromatic carboxylic acids is 1. The van der Waals surface area contributed by atoms with Crippen LogP contribution in [0.15, 0.2) is 28.8 Å².